The van der Waals surface area contributed by atoms with Crippen LogP contribution in [0.5, 0.6) is 0 Å². The summed E-state index contributed by atoms with van der Waals surface area (Å²) in [4.78, 5) is 14.3. The average Bonchev–Trinajstić information content (AvgIpc) is 2.66. The molecule has 1 N–H and O–H groups in total. The highest BCUT2D eigenvalue weighted by atomic mass is 16.5. The summed E-state index contributed by atoms with van der Waals surface area (Å²) >= 11 is 0. The molecule has 0 saturated heterocycles. The quantitative estimate of drug-likeness (QED) is 0.880. The zero-order chi connectivity index (χ0) is 17.4. The lowest BCUT2D eigenvalue weighted by Gasteiger charge is -2.41. The van der Waals surface area contributed by atoms with Gasteiger partial charge in [0.15, 0.2) is 0 Å². The van der Waals surface area contributed by atoms with E-state index < -0.39 is 6.09 Å². The van der Waals surface area contributed by atoms with Gasteiger partial charge in [0.1, 0.15) is 0 Å². The van der Waals surface area contributed by atoms with E-state index in [9.17, 15) is 4.79 Å². The molecule has 0 saturated carbocycles. The van der Waals surface area contributed by atoms with Gasteiger partial charge in [0, 0.05) is 30.4 Å². The summed E-state index contributed by atoms with van der Waals surface area (Å²) in [5.74, 6) is 0.378. The highest BCUT2D eigenvalue weighted by molar-refractivity contribution is 5.88. The maximum absolute atomic E-state index is 11.8. The number of rotatable bonds is 2. The zero-order valence-electron chi connectivity index (χ0n) is 14.8. The summed E-state index contributed by atoms with van der Waals surface area (Å²) < 4.78 is 4.81. The van der Waals surface area contributed by atoms with Crippen molar-refractivity contribution in [2.45, 2.75) is 32.1 Å². The number of ether oxygens (including phenoxy) is 1. The lowest BCUT2D eigenvalue weighted by molar-refractivity contribution is 0.187. The van der Waals surface area contributed by atoms with E-state index >= 15 is 0 Å². The Morgan fingerprint density at radius 2 is 2.04 bits per heavy atom. The second-order valence-corrected chi connectivity index (χ2v) is 6.92. The number of hydrogen-bond acceptors (Lipinski definition) is 3. The first-order chi connectivity index (χ1) is 12.2. The van der Waals surface area contributed by atoms with E-state index in [0.717, 1.165) is 31.6 Å². The van der Waals surface area contributed by atoms with Crippen LogP contribution in [0.25, 0.3) is 0 Å². The third kappa shape index (κ3) is 2.76. The molecular formula is C21H24N2O2. The van der Waals surface area contributed by atoms with Gasteiger partial charge in [-0.3, -0.25) is 5.32 Å². The van der Waals surface area contributed by atoms with Crippen molar-refractivity contribution in [1.29, 1.82) is 0 Å². The predicted molar refractivity (Wildman–Crippen MR) is 101 cm³/mol. The van der Waals surface area contributed by atoms with Crippen molar-refractivity contribution >= 4 is 17.5 Å². The van der Waals surface area contributed by atoms with Gasteiger partial charge < -0.3 is 9.64 Å². The average molecular weight is 336 g/mol. The van der Waals surface area contributed by atoms with Crippen LogP contribution in [0, 0.1) is 6.92 Å². The van der Waals surface area contributed by atoms with Gasteiger partial charge in [0.25, 0.3) is 0 Å². The summed E-state index contributed by atoms with van der Waals surface area (Å²) in [6.07, 6.45) is 2.94. The Hall–Kier alpha value is -2.49. The molecule has 130 valence electrons. The van der Waals surface area contributed by atoms with Crippen LogP contribution in [0.1, 0.15) is 41.0 Å². The molecule has 0 aromatic heterocycles. The molecule has 0 bridgehead atoms. The van der Waals surface area contributed by atoms with Gasteiger partial charge in [-0.25, -0.2) is 4.79 Å². The monoisotopic (exact) mass is 336 g/mol. The standard InChI is InChI=1S/C21H24N2O2/c1-14-16-9-6-11-23-12-10-17(15-7-4-3-5-8-15)18(20(16)23)13-19(14)22-21(24)25-2/h3-5,7-8,13,17H,6,9-12H2,1-2H3,(H,22,24). The van der Waals surface area contributed by atoms with Crippen molar-refractivity contribution < 1.29 is 9.53 Å². The van der Waals surface area contributed by atoms with Crippen molar-refractivity contribution in [3.63, 3.8) is 0 Å². The summed E-state index contributed by atoms with van der Waals surface area (Å²) in [5, 5.41) is 2.92. The smallest absolute Gasteiger partial charge is 0.411 e. The van der Waals surface area contributed by atoms with E-state index in [0.29, 0.717) is 5.92 Å². The second-order valence-electron chi connectivity index (χ2n) is 6.92. The summed E-state index contributed by atoms with van der Waals surface area (Å²) in [6.45, 7) is 4.34. The molecule has 2 aromatic rings. The maximum atomic E-state index is 11.8. The van der Waals surface area contributed by atoms with Crippen LogP contribution in [-0.2, 0) is 11.2 Å². The van der Waals surface area contributed by atoms with Gasteiger partial charge in [-0.15, -0.1) is 0 Å². The van der Waals surface area contributed by atoms with Gasteiger partial charge in [-0.2, -0.15) is 0 Å². The topological polar surface area (TPSA) is 41.6 Å². The fraction of sp³-hybridized carbons (Fsp3) is 0.381. The minimum atomic E-state index is -0.407. The fourth-order valence-corrected chi connectivity index (χ4v) is 4.34. The molecule has 2 heterocycles. The Balaban J connectivity index is 1.87. The molecule has 1 atom stereocenters. The second kappa shape index (κ2) is 6.43. The lowest BCUT2D eigenvalue weighted by atomic mass is 9.79. The van der Waals surface area contributed by atoms with Crippen LogP contribution in [0.4, 0.5) is 16.2 Å². The molecule has 2 aliphatic rings. The Morgan fingerprint density at radius 1 is 1.24 bits per heavy atom. The van der Waals surface area contributed by atoms with E-state index in [1.165, 1.54) is 41.5 Å². The molecular weight excluding hydrogens is 312 g/mol. The number of nitrogens with one attached hydrogen (secondary N) is 1. The van der Waals surface area contributed by atoms with E-state index in [1.807, 2.05) is 0 Å². The lowest BCUT2D eigenvalue weighted by Crippen LogP contribution is -2.36. The Bertz CT molecular complexity index is 801. The molecule has 4 nitrogen and oxygen atoms in total. The van der Waals surface area contributed by atoms with E-state index in [2.05, 4.69) is 53.5 Å². The normalized spacial score (nSPS) is 18.5. The SMILES string of the molecule is COC(=O)Nc1cc2c3c(c1C)CCCN3CCC2c1ccccc1. The predicted octanol–water partition coefficient (Wildman–Crippen LogP) is 4.46. The van der Waals surface area contributed by atoms with E-state index in [1.54, 1.807) is 0 Å². The van der Waals surface area contributed by atoms with Crippen LogP contribution >= 0.6 is 0 Å². The van der Waals surface area contributed by atoms with Gasteiger partial charge >= 0.3 is 6.09 Å². The van der Waals surface area contributed by atoms with Gasteiger partial charge in [-0.1, -0.05) is 30.3 Å². The van der Waals surface area contributed by atoms with Crippen molar-refractivity contribution in [3.05, 3.63) is 58.7 Å². The van der Waals surface area contributed by atoms with Crippen LogP contribution < -0.4 is 10.2 Å². The number of amides is 1. The van der Waals surface area contributed by atoms with Crippen LogP contribution in [-0.4, -0.2) is 26.3 Å². The third-order valence-electron chi connectivity index (χ3n) is 5.57. The molecule has 1 unspecified atom stereocenters. The number of anilines is 2. The summed E-state index contributed by atoms with van der Waals surface area (Å²) in [7, 11) is 1.40. The minimum absolute atomic E-state index is 0.378. The molecule has 4 heteroatoms. The third-order valence-corrected chi connectivity index (χ3v) is 5.57. The van der Waals surface area contributed by atoms with E-state index in [4.69, 9.17) is 4.74 Å². The maximum Gasteiger partial charge on any atom is 0.411 e. The molecule has 2 aromatic carbocycles. The van der Waals surface area contributed by atoms with Crippen molar-refractivity contribution in [1.82, 2.24) is 0 Å². The van der Waals surface area contributed by atoms with Crippen molar-refractivity contribution in [3.8, 4) is 0 Å². The Kier molecular flexibility index (Phi) is 4.12. The molecule has 0 spiro atoms. The highest BCUT2D eigenvalue weighted by Crippen LogP contribution is 2.46. The first-order valence-electron chi connectivity index (χ1n) is 9.00. The summed E-state index contributed by atoms with van der Waals surface area (Å²) in [5.41, 5.74) is 7.52. The zero-order valence-corrected chi connectivity index (χ0v) is 14.8. The largest absolute Gasteiger partial charge is 0.453 e. The van der Waals surface area contributed by atoms with Gasteiger partial charge in [-0.05, 0) is 54.5 Å². The van der Waals surface area contributed by atoms with Crippen LogP contribution in [0.3, 0.4) is 0 Å². The fourth-order valence-electron chi connectivity index (χ4n) is 4.34. The molecule has 0 fully saturated rings. The number of hydrogen-bond donors (Lipinski definition) is 1. The Morgan fingerprint density at radius 3 is 2.80 bits per heavy atom. The number of benzene rings is 2. The van der Waals surface area contributed by atoms with Crippen molar-refractivity contribution in [2.75, 3.05) is 30.4 Å². The van der Waals surface area contributed by atoms with E-state index in [-0.39, 0.29) is 0 Å². The number of nitrogens with zero attached hydrogens (tertiary/aromatic N) is 1. The van der Waals surface area contributed by atoms with Gasteiger partial charge in [0.05, 0.1) is 7.11 Å². The highest BCUT2D eigenvalue weighted by Gasteiger charge is 2.32. The molecule has 0 radical (unpaired) electrons. The molecule has 1 amide bonds. The summed E-state index contributed by atoms with van der Waals surface area (Å²) in [6, 6.07) is 12.9. The Labute approximate surface area is 148 Å². The minimum Gasteiger partial charge on any atom is -0.453 e. The molecule has 25 heavy (non-hydrogen) atoms. The molecule has 4 rings (SSSR count). The van der Waals surface area contributed by atoms with Gasteiger partial charge in [0.2, 0.25) is 0 Å². The van der Waals surface area contributed by atoms with Crippen molar-refractivity contribution in [2.24, 2.45) is 0 Å². The first kappa shape index (κ1) is 16.0. The van der Waals surface area contributed by atoms with Crippen LogP contribution in [0.15, 0.2) is 36.4 Å². The molecule has 0 aliphatic carbocycles. The molecule has 2 aliphatic heterocycles. The van der Waals surface area contributed by atoms with Crippen LogP contribution in [0.2, 0.25) is 0 Å². The number of carbonyl (C=O) groups excluding carboxylic acids is 1. The first-order valence-corrected chi connectivity index (χ1v) is 9.00. The number of methoxy groups -OCH3 is 1. The number of carbonyl (C=O) groups is 1.